The molecule has 0 aliphatic rings. The summed E-state index contributed by atoms with van der Waals surface area (Å²) >= 11 is 0. The van der Waals surface area contributed by atoms with Crippen LogP contribution < -0.4 is 14.8 Å². The van der Waals surface area contributed by atoms with Gasteiger partial charge in [-0.2, -0.15) is 0 Å². The molecule has 0 bridgehead atoms. The van der Waals surface area contributed by atoms with Crippen LogP contribution in [0.15, 0.2) is 97.3 Å². The quantitative estimate of drug-likeness (QED) is 0.413. The van der Waals surface area contributed by atoms with Crippen molar-refractivity contribution in [3.05, 3.63) is 114 Å². The second-order valence-electron chi connectivity index (χ2n) is 7.15. The zero-order valence-corrected chi connectivity index (χ0v) is 17.6. The Morgan fingerprint density at radius 3 is 2.47 bits per heavy atom. The summed E-state index contributed by atoms with van der Waals surface area (Å²) in [5.74, 6) is 1.32. The van der Waals surface area contributed by atoms with Crippen LogP contribution >= 0.6 is 0 Å². The van der Waals surface area contributed by atoms with Gasteiger partial charge in [0.2, 0.25) is 5.88 Å². The average Bonchev–Trinajstić information content (AvgIpc) is 2.84. The number of aromatic nitrogens is 2. The van der Waals surface area contributed by atoms with Gasteiger partial charge in [-0.15, -0.1) is 0 Å². The molecule has 0 radical (unpaired) electrons. The number of benzene rings is 2. The van der Waals surface area contributed by atoms with Crippen LogP contribution in [0.4, 0.5) is 0 Å². The van der Waals surface area contributed by atoms with Crippen LogP contribution in [0, 0.1) is 0 Å². The lowest BCUT2D eigenvalue weighted by molar-refractivity contribution is 0.0937. The van der Waals surface area contributed by atoms with E-state index < -0.39 is 0 Å². The van der Waals surface area contributed by atoms with Crippen molar-refractivity contribution < 1.29 is 14.3 Å². The van der Waals surface area contributed by atoms with Crippen LogP contribution in [0.25, 0.3) is 0 Å². The van der Waals surface area contributed by atoms with Gasteiger partial charge >= 0.3 is 0 Å². The third-order valence-corrected chi connectivity index (χ3v) is 4.79. The highest BCUT2D eigenvalue weighted by atomic mass is 16.5. The highest BCUT2D eigenvalue weighted by Gasteiger charge is 2.17. The predicted molar refractivity (Wildman–Crippen MR) is 122 cm³/mol. The molecular formula is C26H23N3O3. The molecule has 1 unspecified atom stereocenters. The van der Waals surface area contributed by atoms with Gasteiger partial charge in [-0.1, -0.05) is 36.4 Å². The van der Waals surface area contributed by atoms with E-state index in [-0.39, 0.29) is 17.8 Å². The largest absolute Gasteiger partial charge is 0.487 e. The van der Waals surface area contributed by atoms with Gasteiger partial charge < -0.3 is 14.8 Å². The molecule has 2 heterocycles. The summed E-state index contributed by atoms with van der Waals surface area (Å²) in [5, 5.41) is 3.01. The standard InChI is InChI=1S/C26H23N3O3/c1-19(20-9-7-13-23(17-20)31-18-21-10-5-6-15-27-21)29-25(30)24-14-8-16-28-26(24)32-22-11-3-2-4-12-22/h2-17,19H,18H2,1H3,(H,29,30). The lowest BCUT2D eigenvalue weighted by atomic mass is 10.1. The van der Waals surface area contributed by atoms with Crippen molar-refractivity contribution in [3.63, 3.8) is 0 Å². The van der Waals surface area contributed by atoms with Crippen LogP contribution in [-0.2, 0) is 6.61 Å². The van der Waals surface area contributed by atoms with E-state index in [0.29, 0.717) is 23.7 Å². The molecule has 0 spiro atoms. The Balaban J connectivity index is 1.43. The van der Waals surface area contributed by atoms with Gasteiger partial charge in [-0.25, -0.2) is 4.98 Å². The molecule has 2 aromatic heterocycles. The molecule has 4 aromatic rings. The molecule has 1 N–H and O–H groups in total. The Morgan fingerprint density at radius 1 is 0.875 bits per heavy atom. The molecule has 32 heavy (non-hydrogen) atoms. The summed E-state index contributed by atoms with van der Waals surface area (Å²) in [6, 6.07) is 25.8. The number of pyridine rings is 2. The average molecular weight is 425 g/mol. The molecule has 0 saturated carbocycles. The molecule has 0 aliphatic carbocycles. The van der Waals surface area contributed by atoms with E-state index in [4.69, 9.17) is 9.47 Å². The number of nitrogens with one attached hydrogen (secondary N) is 1. The molecule has 6 nitrogen and oxygen atoms in total. The van der Waals surface area contributed by atoms with E-state index in [1.165, 1.54) is 0 Å². The lowest BCUT2D eigenvalue weighted by Gasteiger charge is -2.17. The molecule has 4 rings (SSSR count). The summed E-state index contributed by atoms with van der Waals surface area (Å²) < 4.78 is 11.7. The number of carbonyl (C=O) groups is 1. The number of hydrogen-bond donors (Lipinski definition) is 1. The maximum absolute atomic E-state index is 13.0. The topological polar surface area (TPSA) is 73.3 Å². The van der Waals surface area contributed by atoms with Gasteiger partial charge in [0.1, 0.15) is 23.7 Å². The first-order valence-electron chi connectivity index (χ1n) is 10.3. The molecule has 2 aromatic carbocycles. The summed E-state index contributed by atoms with van der Waals surface area (Å²) in [7, 11) is 0. The van der Waals surface area contributed by atoms with Crippen molar-refractivity contribution in [1.82, 2.24) is 15.3 Å². The van der Waals surface area contributed by atoms with Gasteiger partial charge in [0, 0.05) is 12.4 Å². The highest BCUT2D eigenvalue weighted by molar-refractivity contribution is 5.96. The monoisotopic (exact) mass is 425 g/mol. The summed E-state index contributed by atoms with van der Waals surface area (Å²) in [6.45, 7) is 2.30. The smallest absolute Gasteiger partial charge is 0.257 e. The highest BCUT2D eigenvalue weighted by Crippen LogP contribution is 2.24. The van der Waals surface area contributed by atoms with Crippen LogP contribution in [-0.4, -0.2) is 15.9 Å². The van der Waals surface area contributed by atoms with Crippen LogP contribution in [0.5, 0.6) is 17.4 Å². The molecule has 6 heteroatoms. The van der Waals surface area contributed by atoms with Crippen LogP contribution in [0.2, 0.25) is 0 Å². The van der Waals surface area contributed by atoms with Crippen molar-refractivity contribution in [1.29, 1.82) is 0 Å². The van der Waals surface area contributed by atoms with Crippen molar-refractivity contribution in [2.75, 3.05) is 0 Å². The van der Waals surface area contributed by atoms with Crippen molar-refractivity contribution in [2.45, 2.75) is 19.6 Å². The van der Waals surface area contributed by atoms with E-state index in [1.807, 2.05) is 79.7 Å². The fourth-order valence-corrected chi connectivity index (χ4v) is 3.12. The minimum absolute atomic E-state index is 0.245. The van der Waals surface area contributed by atoms with Crippen LogP contribution in [0.3, 0.4) is 0 Å². The number of nitrogens with zero attached hydrogens (tertiary/aromatic N) is 2. The Labute approximate surface area is 186 Å². The van der Waals surface area contributed by atoms with Crippen LogP contribution in [0.1, 0.15) is 34.6 Å². The van der Waals surface area contributed by atoms with Crippen molar-refractivity contribution in [3.8, 4) is 17.4 Å². The second kappa shape index (κ2) is 10.2. The third-order valence-electron chi connectivity index (χ3n) is 4.79. The minimum atomic E-state index is -0.267. The number of hydrogen-bond acceptors (Lipinski definition) is 5. The number of carbonyl (C=O) groups excluding carboxylic acids is 1. The van der Waals surface area contributed by atoms with Gasteiger partial charge in [-0.05, 0) is 61.0 Å². The predicted octanol–water partition coefficient (Wildman–Crippen LogP) is 5.34. The second-order valence-corrected chi connectivity index (χ2v) is 7.15. The molecule has 160 valence electrons. The van der Waals surface area contributed by atoms with E-state index in [0.717, 1.165) is 11.3 Å². The van der Waals surface area contributed by atoms with Gasteiger partial charge in [-0.3, -0.25) is 9.78 Å². The molecular weight excluding hydrogens is 402 g/mol. The number of amides is 1. The first-order chi connectivity index (χ1) is 15.7. The Kier molecular flexibility index (Phi) is 6.72. The molecule has 1 amide bonds. The maximum Gasteiger partial charge on any atom is 0.257 e. The SMILES string of the molecule is CC(NC(=O)c1cccnc1Oc1ccccc1)c1cccc(OCc2ccccn2)c1. The summed E-state index contributed by atoms with van der Waals surface area (Å²) in [6.07, 6.45) is 3.34. The third kappa shape index (κ3) is 5.49. The zero-order valence-electron chi connectivity index (χ0n) is 17.6. The maximum atomic E-state index is 13.0. The van der Waals surface area contributed by atoms with Crippen molar-refractivity contribution in [2.24, 2.45) is 0 Å². The van der Waals surface area contributed by atoms with E-state index in [1.54, 1.807) is 24.5 Å². The summed E-state index contributed by atoms with van der Waals surface area (Å²) in [5.41, 5.74) is 2.14. The van der Waals surface area contributed by atoms with Gasteiger partial charge in [0.05, 0.1) is 11.7 Å². The molecule has 0 fully saturated rings. The fraction of sp³-hybridized carbons (Fsp3) is 0.115. The van der Waals surface area contributed by atoms with E-state index in [9.17, 15) is 4.79 Å². The lowest BCUT2D eigenvalue weighted by Crippen LogP contribution is -2.27. The van der Waals surface area contributed by atoms with Gasteiger partial charge in [0.25, 0.3) is 5.91 Å². The molecule has 1 atom stereocenters. The Hall–Kier alpha value is -4.19. The summed E-state index contributed by atoms with van der Waals surface area (Å²) in [4.78, 5) is 21.5. The van der Waals surface area contributed by atoms with E-state index in [2.05, 4.69) is 15.3 Å². The first kappa shape index (κ1) is 21.1. The fourth-order valence-electron chi connectivity index (χ4n) is 3.12. The number of rotatable bonds is 8. The van der Waals surface area contributed by atoms with Crippen molar-refractivity contribution >= 4 is 5.91 Å². The first-order valence-corrected chi connectivity index (χ1v) is 10.3. The normalized spacial score (nSPS) is 11.4. The minimum Gasteiger partial charge on any atom is -0.487 e. The molecule has 0 saturated heterocycles. The Bertz CT molecular complexity index is 1170. The number of para-hydroxylation sites is 1. The Morgan fingerprint density at radius 2 is 1.66 bits per heavy atom. The van der Waals surface area contributed by atoms with E-state index >= 15 is 0 Å². The van der Waals surface area contributed by atoms with Gasteiger partial charge in [0.15, 0.2) is 0 Å². The molecule has 0 aliphatic heterocycles. The number of ether oxygens (including phenoxy) is 2. The zero-order chi connectivity index (χ0) is 22.2.